The minimum atomic E-state index is -6.60. The summed E-state index contributed by atoms with van der Waals surface area (Å²) < 4.78 is 108. The van der Waals surface area contributed by atoms with Gasteiger partial charge >= 0.3 is 31.1 Å². The van der Waals surface area contributed by atoms with Crippen molar-refractivity contribution < 1.29 is 43.2 Å². The van der Waals surface area contributed by atoms with Crippen molar-refractivity contribution in [2.24, 2.45) is 5.92 Å². The van der Waals surface area contributed by atoms with Crippen molar-refractivity contribution >= 4 is 20.0 Å². The van der Waals surface area contributed by atoms with Crippen molar-refractivity contribution in [3.63, 3.8) is 0 Å². The summed E-state index contributed by atoms with van der Waals surface area (Å²) in [4.78, 5) is 2.70. The lowest BCUT2D eigenvalue weighted by Gasteiger charge is -2.30. The number of unbranched alkanes of at least 4 members (excludes halogenated alkanes) is 11. The Bertz CT molecular complexity index is 745. The Morgan fingerprint density at radius 3 is 1.47 bits per heavy atom. The second kappa shape index (κ2) is 17.1. The lowest BCUT2D eigenvalue weighted by Crippen LogP contribution is -2.45. The number of hydrogen-bond donors (Lipinski definition) is 1. The van der Waals surface area contributed by atoms with Crippen molar-refractivity contribution in [3.8, 4) is 0 Å². The monoisotopic (exact) mass is 576 g/mol. The molecule has 0 aliphatic carbocycles. The molecule has 36 heavy (non-hydrogen) atoms. The van der Waals surface area contributed by atoms with Gasteiger partial charge in [0, 0.05) is 6.54 Å². The van der Waals surface area contributed by atoms with Gasteiger partial charge in [-0.15, -0.1) is 0 Å². The van der Waals surface area contributed by atoms with E-state index >= 15 is 0 Å². The van der Waals surface area contributed by atoms with Gasteiger partial charge in [0.25, 0.3) is 0 Å². The van der Waals surface area contributed by atoms with E-state index in [0.29, 0.717) is 0 Å². The Kier molecular flexibility index (Phi) is 16.8. The molecule has 0 spiro atoms. The molecule has 1 rings (SSSR count). The Hall–Kier alpha value is -0.600. The second-order valence-electron chi connectivity index (χ2n) is 9.42. The summed E-state index contributed by atoms with van der Waals surface area (Å²) in [6.45, 7) is 8.79. The molecule has 1 aliphatic heterocycles. The molecule has 0 bridgehead atoms. The standard InChI is InChI=1S/C20H41N.C2HF6NO4S2/c1-3-4-5-6-7-8-9-10-11-12-13-14-17-21-18-15-16-20(2)19-21;3-1(4,5)14(10,11)9-15(12,13)2(6,7)8/h20H,3-19H2,1-2H3;9H. The molecule has 6 nitrogen and oxygen atoms in total. The van der Waals surface area contributed by atoms with E-state index in [1.165, 1.54) is 110 Å². The number of nitrogens with one attached hydrogen (secondary N) is 1. The number of alkyl halides is 6. The Labute approximate surface area is 212 Å². The van der Waals surface area contributed by atoms with Crippen molar-refractivity contribution in [3.05, 3.63) is 0 Å². The molecule has 1 N–H and O–H groups in total. The van der Waals surface area contributed by atoms with Crippen LogP contribution in [0.2, 0.25) is 0 Å². The summed E-state index contributed by atoms with van der Waals surface area (Å²) in [5, 5.41) is 0. The first-order chi connectivity index (χ1) is 16.5. The van der Waals surface area contributed by atoms with E-state index in [2.05, 4.69) is 18.7 Å². The van der Waals surface area contributed by atoms with Crippen LogP contribution < -0.4 is 4.13 Å². The van der Waals surface area contributed by atoms with E-state index in [1.807, 2.05) is 0 Å². The highest BCUT2D eigenvalue weighted by Gasteiger charge is 2.55. The summed E-state index contributed by atoms with van der Waals surface area (Å²) in [6, 6.07) is 0. The largest absolute Gasteiger partial charge is 0.512 e. The van der Waals surface area contributed by atoms with Crippen molar-refractivity contribution in [1.82, 2.24) is 9.03 Å². The number of hydrogen-bond acceptors (Lipinski definition) is 5. The average molecular weight is 577 g/mol. The molecule has 0 aromatic carbocycles. The van der Waals surface area contributed by atoms with Crippen LogP contribution in [-0.2, 0) is 20.0 Å². The fraction of sp³-hybridized carbons (Fsp3) is 1.00. The van der Waals surface area contributed by atoms with E-state index in [-0.39, 0.29) is 0 Å². The molecular formula is C22H42F6N2O4S2. The van der Waals surface area contributed by atoms with Crippen molar-refractivity contribution in [1.29, 1.82) is 0 Å². The van der Waals surface area contributed by atoms with Crippen LogP contribution in [0.25, 0.3) is 0 Å². The van der Waals surface area contributed by atoms with Gasteiger partial charge < -0.3 is 4.90 Å². The van der Waals surface area contributed by atoms with Crippen LogP contribution in [-0.4, -0.2) is 52.4 Å². The highest BCUT2D eigenvalue weighted by Crippen LogP contribution is 2.27. The lowest BCUT2D eigenvalue weighted by atomic mass is 10.00. The van der Waals surface area contributed by atoms with Gasteiger partial charge in [-0.05, 0) is 38.3 Å². The van der Waals surface area contributed by atoms with Gasteiger partial charge in [-0.2, -0.15) is 26.3 Å². The van der Waals surface area contributed by atoms with Crippen LogP contribution in [0, 0.1) is 5.92 Å². The number of halogens is 6. The van der Waals surface area contributed by atoms with E-state index in [1.54, 1.807) is 0 Å². The lowest BCUT2D eigenvalue weighted by molar-refractivity contribution is -0.0476. The van der Waals surface area contributed by atoms with Gasteiger partial charge in [0.05, 0.1) is 0 Å². The molecule has 0 aromatic rings. The van der Waals surface area contributed by atoms with Gasteiger partial charge in [0.15, 0.2) is 0 Å². The number of rotatable bonds is 15. The third-order valence-corrected chi connectivity index (χ3v) is 8.87. The minimum absolute atomic E-state index is 0.493. The predicted octanol–water partition coefficient (Wildman–Crippen LogP) is 6.69. The summed E-state index contributed by atoms with van der Waals surface area (Å²) >= 11 is 0. The van der Waals surface area contributed by atoms with E-state index < -0.39 is 35.2 Å². The highest BCUT2D eigenvalue weighted by atomic mass is 32.3. The quantitative estimate of drug-likeness (QED) is 0.173. The molecule has 0 amide bonds. The Morgan fingerprint density at radius 1 is 0.722 bits per heavy atom. The molecule has 218 valence electrons. The zero-order valence-corrected chi connectivity index (χ0v) is 22.9. The van der Waals surface area contributed by atoms with Crippen molar-refractivity contribution in [2.45, 2.75) is 115 Å². The van der Waals surface area contributed by atoms with Gasteiger partial charge in [0.2, 0.25) is 0 Å². The molecule has 0 radical (unpaired) electrons. The van der Waals surface area contributed by atoms with Crippen LogP contribution in [0.1, 0.15) is 104 Å². The number of likely N-dealkylation sites (tertiary alicyclic amines) is 1. The molecule has 1 aliphatic rings. The van der Waals surface area contributed by atoms with Gasteiger partial charge in [-0.1, -0.05) is 88.6 Å². The third kappa shape index (κ3) is 15.6. The summed E-state index contributed by atoms with van der Waals surface area (Å²) in [6.07, 6.45) is 20.4. The summed E-state index contributed by atoms with van der Waals surface area (Å²) in [7, 11) is -13.2. The zero-order chi connectivity index (χ0) is 27.9. The molecule has 1 unspecified atom stereocenters. The molecule has 1 fully saturated rings. The SMILES string of the molecule is CCCCCCCCCCCCCCN1CCCC(C)C1.O=S(=O)(NS(=O)(=O)C(F)(F)F)C(F)(F)F. The van der Waals surface area contributed by atoms with E-state index in [0.717, 1.165) is 5.92 Å². The zero-order valence-electron chi connectivity index (χ0n) is 21.3. The maximum absolute atomic E-state index is 11.5. The van der Waals surface area contributed by atoms with Gasteiger partial charge in [-0.3, -0.25) is 0 Å². The molecule has 1 saturated heterocycles. The summed E-state index contributed by atoms with van der Waals surface area (Å²) in [5.41, 5.74) is -12.3. The van der Waals surface area contributed by atoms with Gasteiger partial charge in [0.1, 0.15) is 0 Å². The normalized spacial score (nSPS) is 18.1. The molecule has 14 heteroatoms. The first kappa shape index (κ1) is 35.4. The minimum Gasteiger partial charge on any atom is -0.303 e. The molecular weight excluding hydrogens is 534 g/mol. The fourth-order valence-corrected chi connectivity index (χ4v) is 5.82. The number of sulfonamides is 2. The van der Waals surface area contributed by atoms with E-state index in [9.17, 15) is 43.2 Å². The molecule has 1 heterocycles. The maximum Gasteiger partial charge on any atom is 0.512 e. The first-order valence-electron chi connectivity index (χ1n) is 12.7. The second-order valence-corrected chi connectivity index (χ2v) is 13.0. The van der Waals surface area contributed by atoms with Crippen LogP contribution in [0.3, 0.4) is 0 Å². The Balaban J connectivity index is 0.000000723. The molecule has 0 aromatic heterocycles. The number of piperidine rings is 1. The maximum atomic E-state index is 11.5. The first-order valence-corrected chi connectivity index (χ1v) is 15.6. The molecule has 0 saturated carbocycles. The topological polar surface area (TPSA) is 83.6 Å². The van der Waals surface area contributed by atoms with Crippen molar-refractivity contribution in [2.75, 3.05) is 19.6 Å². The average Bonchev–Trinajstić information content (AvgIpc) is 2.73. The Morgan fingerprint density at radius 2 is 1.11 bits per heavy atom. The fourth-order valence-electron chi connectivity index (χ4n) is 3.91. The smallest absolute Gasteiger partial charge is 0.303 e. The van der Waals surface area contributed by atoms with E-state index in [4.69, 9.17) is 0 Å². The van der Waals surface area contributed by atoms with Crippen LogP contribution in [0.5, 0.6) is 0 Å². The van der Waals surface area contributed by atoms with Crippen LogP contribution in [0.4, 0.5) is 26.3 Å². The summed E-state index contributed by atoms with van der Waals surface area (Å²) in [5.74, 6) is 0.941. The highest BCUT2D eigenvalue weighted by molar-refractivity contribution is 8.05. The third-order valence-electron chi connectivity index (χ3n) is 5.90. The van der Waals surface area contributed by atoms with Crippen LogP contribution in [0.15, 0.2) is 0 Å². The predicted molar refractivity (Wildman–Crippen MR) is 129 cm³/mol. The number of nitrogens with zero attached hydrogens (tertiary/aromatic N) is 1. The molecule has 1 atom stereocenters. The van der Waals surface area contributed by atoms with Gasteiger partial charge in [-0.25, -0.2) is 16.8 Å². The van der Waals surface area contributed by atoms with Crippen LogP contribution >= 0.6 is 0 Å².